The SMILES string of the molecule is CC(C)ONC(C)(C)C. The fraction of sp³-hybridized carbons (Fsp3) is 1.00. The quantitative estimate of drug-likeness (QED) is 0.576. The maximum absolute atomic E-state index is 5.16. The zero-order chi connectivity index (χ0) is 7.49. The first-order valence-electron chi connectivity index (χ1n) is 3.34. The Hall–Kier alpha value is -0.0800. The second-order valence-electron chi connectivity index (χ2n) is 3.52. The number of rotatable bonds is 2. The van der Waals surface area contributed by atoms with Gasteiger partial charge in [0.1, 0.15) is 0 Å². The first-order chi connectivity index (χ1) is 3.92. The highest BCUT2D eigenvalue weighted by molar-refractivity contribution is 4.63. The summed E-state index contributed by atoms with van der Waals surface area (Å²) in [6.45, 7) is 10.2. The van der Waals surface area contributed by atoms with E-state index in [4.69, 9.17) is 4.84 Å². The molecular formula is C7H17NO. The number of hydrogen-bond donors (Lipinski definition) is 1. The van der Waals surface area contributed by atoms with Crippen LogP contribution in [0.3, 0.4) is 0 Å². The molecule has 0 aromatic rings. The molecule has 0 radical (unpaired) electrons. The van der Waals surface area contributed by atoms with E-state index in [1.165, 1.54) is 0 Å². The molecule has 56 valence electrons. The topological polar surface area (TPSA) is 21.3 Å². The van der Waals surface area contributed by atoms with Gasteiger partial charge in [0.2, 0.25) is 0 Å². The van der Waals surface area contributed by atoms with Crippen LogP contribution >= 0.6 is 0 Å². The second-order valence-corrected chi connectivity index (χ2v) is 3.52. The molecule has 0 atom stereocenters. The van der Waals surface area contributed by atoms with Gasteiger partial charge in [-0.25, -0.2) is 0 Å². The van der Waals surface area contributed by atoms with Gasteiger partial charge in [0.25, 0.3) is 0 Å². The lowest BCUT2D eigenvalue weighted by Gasteiger charge is -2.21. The van der Waals surface area contributed by atoms with Crippen molar-refractivity contribution in [1.82, 2.24) is 5.48 Å². The smallest absolute Gasteiger partial charge is 0.0734 e. The highest BCUT2D eigenvalue weighted by atomic mass is 16.7. The first-order valence-corrected chi connectivity index (χ1v) is 3.34. The van der Waals surface area contributed by atoms with E-state index >= 15 is 0 Å². The van der Waals surface area contributed by atoms with Crippen LogP contribution in [-0.2, 0) is 4.84 Å². The summed E-state index contributed by atoms with van der Waals surface area (Å²) in [7, 11) is 0. The molecule has 0 heterocycles. The Labute approximate surface area is 57.5 Å². The molecule has 0 rings (SSSR count). The second kappa shape index (κ2) is 3.18. The average Bonchev–Trinajstić information content (AvgIpc) is 1.59. The standard InChI is InChI=1S/C7H17NO/c1-6(2)9-8-7(3,4)5/h6,8H,1-5H3. The molecule has 0 aromatic heterocycles. The highest BCUT2D eigenvalue weighted by Crippen LogP contribution is 1.99. The summed E-state index contributed by atoms with van der Waals surface area (Å²) in [5, 5.41) is 0. The molecule has 0 saturated heterocycles. The summed E-state index contributed by atoms with van der Waals surface area (Å²) in [6.07, 6.45) is 0.254. The van der Waals surface area contributed by atoms with Crippen molar-refractivity contribution in [2.75, 3.05) is 0 Å². The van der Waals surface area contributed by atoms with Crippen molar-refractivity contribution in [1.29, 1.82) is 0 Å². The van der Waals surface area contributed by atoms with Crippen LogP contribution in [0, 0.1) is 0 Å². The third-order valence-corrected chi connectivity index (χ3v) is 0.601. The van der Waals surface area contributed by atoms with E-state index in [2.05, 4.69) is 26.3 Å². The fourth-order valence-electron chi connectivity index (χ4n) is 0.295. The van der Waals surface area contributed by atoms with Gasteiger partial charge >= 0.3 is 0 Å². The van der Waals surface area contributed by atoms with E-state index in [0.29, 0.717) is 0 Å². The molecule has 0 bridgehead atoms. The van der Waals surface area contributed by atoms with Crippen LogP contribution in [0.1, 0.15) is 34.6 Å². The lowest BCUT2D eigenvalue weighted by Crippen LogP contribution is -2.37. The van der Waals surface area contributed by atoms with E-state index in [-0.39, 0.29) is 11.6 Å². The minimum absolute atomic E-state index is 0.0598. The van der Waals surface area contributed by atoms with E-state index in [1.807, 2.05) is 13.8 Å². The van der Waals surface area contributed by atoms with Gasteiger partial charge in [0, 0.05) is 5.54 Å². The van der Waals surface area contributed by atoms with Crippen LogP contribution in [0.2, 0.25) is 0 Å². The lowest BCUT2D eigenvalue weighted by atomic mass is 10.1. The third kappa shape index (κ3) is 7.92. The Morgan fingerprint density at radius 1 is 1.22 bits per heavy atom. The van der Waals surface area contributed by atoms with E-state index in [0.717, 1.165) is 0 Å². The largest absolute Gasteiger partial charge is 0.299 e. The van der Waals surface area contributed by atoms with Crippen molar-refractivity contribution in [3.05, 3.63) is 0 Å². The number of nitrogens with one attached hydrogen (secondary N) is 1. The minimum atomic E-state index is 0.0598. The number of hydrogen-bond acceptors (Lipinski definition) is 2. The molecule has 0 unspecified atom stereocenters. The summed E-state index contributed by atoms with van der Waals surface area (Å²) in [6, 6.07) is 0. The van der Waals surface area contributed by atoms with E-state index in [9.17, 15) is 0 Å². The van der Waals surface area contributed by atoms with E-state index in [1.54, 1.807) is 0 Å². The van der Waals surface area contributed by atoms with Crippen molar-refractivity contribution >= 4 is 0 Å². The predicted molar refractivity (Wildman–Crippen MR) is 39.1 cm³/mol. The predicted octanol–water partition coefficient (Wildman–Crippen LogP) is 1.71. The first kappa shape index (κ1) is 8.92. The summed E-state index contributed by atoms with van der Waals surface area (Å²) < 4.78 is 0. The zero-order valence-corrected chi connectivity index (χ0v) is 6.99. The molecule has 0 aliphatic carbocycles. The molecule has 0 amide bonds. The fourth-order valence-corrected chi connectivity index (χ4v) is 0.295. The van der Waals surface area contributed by atoms with Crippen molar-refractivity contribution in [3.8, 4) is 0 Å². The summed E-state index contributed by atoms with van der Waals surface area (Å²) in [5.74, 6) is 0. The molecule has 1 N–H and O–H groups in total. The molecule has 9 heavy (non-hydrogen) atoms. The number of hydroxylamine groups is 1. The summed E-state index contributed by atoms with van der Waals surface area (Å²) >= 11 is 0. The van der Waals surface area contributed by atoms with Gasteiger partial charge in [-0.15, -0.1) is 0 Å². The molecule has 0 fully saturated rings. The van der Waals surface area contributed by atoms with Crippen molar-refractivity contribution in [3.63, 3.8) is 0 Å². The molecule has 0 aliphatic rings. The summed E-state index contributed by atoms with van der Waals surface area (Å²) in [5.41, 5.74) is 2.98. The normalized spacial score (nSPS) is 12.7. The maximum atomic E-state index is 5.16. The Kier molecular flexibility index (Phi) is 3.15. The van der Waals surface area contributed by atoms with Gasteiger partial charge in [-0.1, -0.05) is 0 Å². The monoisotopic (exact) mass is 131 g/mol. The van der Waals surface area contributed by atoms with Gasteiger partial charge < -0.3 is 0 Å². The van der Waals surface area contributed by atoms with Crippen LogP contribution in [0.15, 0.2) is 0 Å². The minimum Gasteiger partial charge on any atom is -0.299 e. The van der Waals surface area contributed by atoms with Crippen LogP contribution in [0.5, 0.6) is 0 Å². The van der Waals surface area contributed by atoms with Crippen molar-refractivity contribution < 1.29 is 4.84 Å². The Morgan fingerprint density at radius 3 is 1.78 bits per heavy atom. The van der Waals surface area contributed by atoms with Crippen LogP contribution in [-0.4, -0.2) is 11.6 Å². The van der Waals surface area contributed by atoms with Gasteiger partial charge in [-0.05, 0) is 34.6 Å². The molecule has 0 saturated carbocycles. The van der Waals surface area contributed by atoms with Crippen molar-refractivity contribution in [2.24, 2.45) is 0 Å². The van der Waals surface area contributed by atoms with Crippen LogP contribution in [0.4, 0.5) is 0 Å². The van der Waals surface area contributed by atoms with Gasteiger partial charge in [0.15, 0.2) is 0 Å². The molecule has 2 heteroatoms. The van der Waals surface area contributed by atoms with Crippen LogP contribution in [0.25, 0.3) is 0 Å². The van der Waals surface area contributed by atoms with Crippen LogP contribution < -0.4 is 5.48 Å². The zero-order valence-electron chi connectivity index (χ0n) is 6.99. The molecular weight excluding hydrogens is 114 g/mol. The molecule has 0 aromatic carbocycles. The van der Waals surface area contributed by atoms with Gasteiger partial charge in [-0.2, -0.15) is 5.48 Å². The third-order valence-electron chi connectivity index (χ3n) is 0.601. The van der Waals surface area contributed by atoms with E-state index < -0.39 is 0 Å². The average molecular weight is 131 g/mol. The molecule has 0 aliphatic heterocycles. The lowest BCUT2D eigenvalue weighted by molar-refractivity contribution is -0.0443. The maximum Gasteiger partial charge on any atom is 0.0734 e. The Balaban J connectivity index is 3.28. The van der Waals surface area contributed by atoms with Gasteiger partial charge in [-0.3, -0.25) is 4.84 Å². The molecule has 2 nitrogen and oxygen atoms in total. The van der Waals surface area contributed by atoms with Gasteiger partial charge in [0.05, 0.1) is 6.10 Å². The van der Waals surface area contributed by atoms with Crippen molar-refractivity contribution in [2.45, 2.75) is 46.3 Å². The molecule has 0 spiro atoms. The summed E-state index contributed by atoms with van der Waals surface area (Å²) in [4.78, 5) is 5.16. The Morgan fingerprint density at radius 2 is 1.67 bits per heavy atom. The highest BCUT2D eigenvalue weighted by Gasteiger charge is 2.08. The Bertz CT molecular complexity index is 73.5.